The van der Waals surface area contributed by atoms with Gasteiger partial charge in [0.2, 0.25) is 0 Å². The summed E-state index contributed by atoms with van der Waals surface area (Å²) in [5.41, 5.74) is 0. The van der Waals surface area contributed by atoms with Gasteiger partial charge in [-0.05, 0) is 37.4 Å². The molecule has 0 bridgehead atoms. The molecule has 0 aliphatic heterocycles. The van der Waals surface area contributed by atoms with Crippen LogP contribution in [-0.2, 0) is 14.0 Å². The SMILES string of the molecule is CCOC(=O)CC[C@H](C)CO[Si](C)(C)C(C)(C)C. The molecule has 18 heavy (non-hydrogen) atoms. The van der Waals surface area contributed by atoms with E-state index in [2.05, 4.69) is 40.8 Å². The molecule has 0 radical (unpaired) electrons. The summed E-state index contributed by atoms with van der Waals surface area (Å²) in [5, 5.41) is 0.244. The maximum Gasteiger partial charge on any atom is 0.305 e. The highest BCUT2D eigenvalue weighted by Gasteiger charge is 2.37. The molecule has 0 N–H and O–H groups in total. The van der Waals surface area contributed by atoms with Gasteiger partial charge in [-0.25, -0.2) is 0 Å². The Kier molecular flexibility index (Phi) is 7.15. The second kappa shape index (κ2) is 7.29. The van der Waals surface area contributed by atoms with E-state index < -0.39 is 8.32 Å². The molecule has 0 rings (SSSR count). The van der Waals surface area contributed by atoms with Crippen LogP contribution in [-0.4, -0.2) is 27.5 Å². The Hall–Kier alpha value is -0.353. The number of hydrogen-bond acceptors (Lipinski definition) is 3. The topological polar surface area (TPSA) is 35.5 Å². The zero-order chi connectivity index (χ0) is 14.4. The van der Waals surface area contributed by atoms with Gasteiger partial charge in [0.15, 0.2) is 8.32 Å². The smallest absolute Gasteiger partial charge is 0.305 e. The molecular weight excluding hydrogens is 244 g/mol. The lowest BCUT2D eigenvalue weighted by molar-refractivity contribution is -0.143. The summed E-state index contributed by atoms with van der Waals surface area (Å²) in [6.45, 7) is 16.4. The Bertz CT molecular complexity index is 256. The van der Waals surface area contributed by atoms with Crippen molar-refractivity contribution >= 4 is 14.3 Å². The molecule has 0 fully saturated rings. The molecule has 0 aromatic heterocycles. The second-order valence-corrected chi connectivity index (χ2v) is 11.3. The minimum absolute atomic E-state index is 0.100. The van der Waals surface area contributed by atoms with Crippen LogP contribution in [0, 0.1) is 5.92 Å². The van der Waals surface area contributed by atoms with Gasteiger partial charge < -0.3 is 9.16 Å². The van der Waals surface area contributed by atoms with E-state index in [4.69, 9.17) is 9.16 Å². The van der Waals surface area contributed by atoms with Crippen LogP contribution in [0.2, 0.25) is 18.1 Å². The van der Waals surface area contributed by atoms with Crippen molar-refractivity contribution in [2.24, 2.45) is 5.92 Å². The quantitative estimate of drug-likeness (QED) is 0.520. The molecule has 0 heterocycles. The minimum Gasteiger partial charge on any atom is -0.466 e. The van der Waals surface area contributed by atoms with Crippen LogP contribution in [0.3, 0.4) is 0 Å². The van der Waals surface area contributed by atoms with Gasteiger partial charge in [-0.15, -0.1) is 0 Å². The zero-order valence-corrected chi connectivity index (χ0v) is 14.1. The molecule has 4 heteroatoms. The molecule has 1 atom stereocenters. The Balaban J connectivity index is 3.97. The van der Waals surface area contributed by atoms with Gasteiger partial charge in [0, 0.05) is 13.0 Å². The average Bonchev–Trinajstić information content (AvgIpc) is 2.22. The summed E-state index contributed by atoms with van der Waals surface area (Å²) in [6, 6.07) is 0. The fraction of sp³-hybridized carbons (Fsp3) is 0.929. The van der Waals surface area contributed by atoms with E-state index in [1.807, 2.05) is 6.92 Å². The fourth-order valence-electron chi connectivity index (χ4n) is 1.25. The third-order valence-electron chi connectivity index (χ3n) is 3.68. The Labute approximate surface area is 113 Å². The lowest BCUT2D eigenvalue weighted by Crippen LogP contribution is -2.41. The first kappa shape index (κ1) is 17.6. The monoisotopic (exact) mass is 274 g/mol. The minimum atomic E-state index is -1.66. The van der Waals surface area contributed by atoms with Gasteiger partial charge in [-0.1, -0.05) is 27.7 Å². The normalized spacial score (nSPS) is 14.4. The summed E-state index contributed by atoms with van der Waals surface area (Å²) >= 11 is 0. The fourth-order valence-corrected chi connectivity index (χ4v) is 2.38. The molecule has 0 aliphatic carbocycles. The number of ether oxygens (including phenoxy) is 1. The molecule has 0 spiro atoms. The second-order valence-electron chi connectivity index (χ2n) is 6.52. The van der Waals surface area contributed by atoms with Crippen LogP contribution in [0.5, 0.6) is 0 Å². The molecule has 108 valence electrons. The van der Waals surface area contributed by atoms with Crippen LogP contribution in [0.4, 0.5) is 0 Å². The first-order valence-corrected chi connectivity index (χ1v) is 9.80. The summed E-state index contributed by atoms with van der Waals surface area (Å²) in [6.07, 6.45) is 1.34. The van der Waals surface area contributed by atoms with E-state index in [0.29, 0.717) is 18.9 Å². The lowest BCUT2D eigenvalue weighted by atomic mass is 10.1. The van der Waals surface area contributed by atoms with Gasteiger partial charge in [0.25, 0.3) is 0 Å². The number of hydrogen-bond donors (Lipinski definition) is 0. The number of rotatable bonds is 7. The van der Waals surface area contributed by atoms with Crippen molar-refractivity contribution in [3.8, 4) is 0 Å². The van der Waals surface area contributed by atoms with E-state index in [-0.39, 0.29) is 11.0 Å². The Morgan fingerprint density at radius 3 is 2.28 bits per heavy atom. The van der Waals surface area contributed by atoms with Crippen LogP contribution >= 0.6 is 0 Å². The molecule has 0 saturated carbocycles. The first-order valence-electron chi connectivity index (χ1n) is 6.89. The van der Waals surface area contributed by atoms with Crippen LogP contribution in [0.25, 0.3) is 0 Å². The van der Waals surface area contributed by atoms with Crippen molar-refractivity contribution in [3.05, 3.63) is 0 Å². The highest BCUT2D eigenvalue weighted by atomic mass is 28.4. The number of carbonyl (C=O) groups is 1. The molecule has 0 aliphatic rings. The Morgan fingerprint density at radius 2 is 1.83 bits per heavy atom. The van der Waals surface area contributed by atoms with Crippen molar-refractivity contribution in [2.45, 2.75) is 65.6 Å². The summed E-state index contributed by atoms with van der Waals surface area (Å²) < 4.78 is 11.1. The first-order chi connectivity index (χ1) is 8.10. The predicted octanol–water partition coefficient (Wildman–Crippen LogP) is 3.99. The summed E-state index contributed by atoms with van der Waals surface area (Å²) in [5.74, 6) is 0.306. The third kappa shape index (κ3) is 6.54. The highest BCUT2D eigenvalue weighted by molar-refractivity contribution is 6.74. The molecule has 3 nitrogen and oxygen atoms in total. The highest BCUT2D eigenvalue weighted by Crippen LogP contribution is 2.36. The molecular formula is C14H30O3Si. The van der Waals surface area contributed by atoms with Crippen molar-refractivity contribution in [3.63, 3.8) is 0 Å². The zero-order valence-electron chi connectivity index (χ0n) is 13.1. The molecule has 0 aromatic carbocycles. The largest absolute Gasteiger partial charge is 0.466 e. The molecule has 0 amide bonds. The molecule has 0 saturated heterocycles. The van der Waals surface area contributed by atoms with Gasteiger partial charge in [0.05, 0.1) is 6.61 Å². The lowest BCUT2D eigenvalue weighted by Gasteiger charge is -2.37. The van der Waals surface area contributed by atoms with Crippen LogP contribution in [0.15, 0.2) is 0 Å². The van der Waals surface area contributed by atoms with E-state index in [1.54, 1.807) is 0 Å². The van der Waals surface area contributed by atoms with E-state index >= 15 is 0 Å². The number of carbonyl (C=O) groups excluding carboxylic acids is 1. The van der Waals surface area contributed by atoms with Crippen molar-refractivity contribution in [2.75, 3.05) is 13.2 Å². The van der Waals surface area contributed by atoms with Gasteiger partial charge in [0.1, 0.15) is 0 Å². The third-order valence-corrected chi connectivity index (χ3v) is 8.18. The molecule has 0 unspecified atom stereocenters. The van der Waals surface area contributed by atoms with Gasteiger partial charge in [-0.2, -0.15) is 0 Å². The Morgan fingerprint density at radius 1 is 1.28 bits per heavy atom. The van der Waals surface area contributed by atoms with E-state index in [0.717, 1.165) is 13.0 Å². The van der Waals surface area contributed by atoms with Crippen molar-refractivity contribution in [1.82, 2.24) is 0 Å². The molecule has 0 aromatic rings. The standard InChI is InChI=1S/C14H30O3Si/c1-8-16-13(15)10-9-12(2)11-17-18(6,7)14(3,4)5/h12H,8-11H2,1-7H3/t12-/m0/s1. The van der Waals surface area contributed by atoms with Crippen molar-refractivity contribution in [1.29, 1.82) is 0 Å². The van der Waals surface area contributed by atoms with Crippen molar-refractivity contribution < 1.29 is 14.0 Å². The summed E-state index contributed by atoms with van der Waals surface area (Å²) in [7, 11) is -1.66. The van der Waals surface area contributed by atoms with Gasteiger partial charge in [-0.3, -0.25) is 4.79 Å². The maximum absolute atomic E-state index is 11.3. The van der Waals surface area contributed by atoms with Gasteiger partial charge >= 0.3 is 5.97 Å². The van der Waals surface area contributed by atoms with Crippen LogP contribution in [0.1, 0.15) is 47.5 Å². The number of esters is 1. The predicted molar refractivity (Wildman–Crippen MR) is 78.2 cm³/mol. The van der Waals surface area contributed by atoms with E-state index in [9.17, 15) is 4.79 Å². The summed E-state index contributed by atoms with van der Waals surface area (Å²) in [4.78, 5) is 11.3. The average molecular weight is 274 g/mol. The van der Waals surface area contributed by atoms with Crippen LogP contribution < -0.4 is 0 Å². The van der Waals surface area contributed by atoms with E-state index in [1.165, 1.54) is 0 Å². The maximum atomic E-state index is 11.3.